The molecule has 0 amide bonds. The third-order valence-electron chi connectivity index (χ3n) is 4.04. The molecule has 0 aromatic carbocycles. The molecule has 0 aliphatic carbocycles. The van der Waals surface area contributed by atoms with Crippen molar-refractivity contribution < 1.29 is 13.7 Å². The van der Waals surface area contributed by atoms with Gasteiger partial charge in [0.15, 0.2) is 0 Å². The Kier molecular flexibility index (Phi) is 9.63. The molecular weight excluding hydrogens is 274 g/mol. The fourth-order valence-corrected chi connectivity index (χ4v) is 7.96. The zero-order valence-electron chi connectivity index (χ0n) is 13.9. The molecule has 0 fully saturated rings. The van der Waals surface area contributed by atoms with Crippen LogP contribution < -0.4 is 0 Å². The number of carbonyl (C=O) groups excluding carboxylic acids is 1. The van der Waals surface area contributed by atoms with Gasteiger partial charge in [0, 0.05) is 0 Å². The number of esters is 1. The number of unbranched alkanes of at least 4 members (excludes halogenated alkanes) is 3. The van der Waals surface area contributed by atoms with Gasteiger partial charge in [-0.25, -0.2) is 0 Å². The van der Waals surface area contributed by atoms with Crippen molar-refractivity contribution in [2.75, 3.05) is 31.3 Å². The summed E-state index contributed by atoms with van der Waals surface area (Å²) in [5.74, 6) is -0.323. The van der Waals surface area contributed by atoms with Gasteiger partial charge in [-0.05, 0) is 0 Å². The van der Waals surface area contributed by atoms with Crippen LogP contribution in [-0.4, -0.2) is 37.2 Å². The van der Waals surface area contributed by atoms with Gasteiger partial charge in [0.2, 0.25) is 0 Å². The summed E-state index contributed by atoms with van der Waals surface area (Å²) in [6, 6.07) is 0. The van der Waals surface area contributed by atoms with Gasteiger partial charge < -0.3 is 0 Å². The molecule has 0 saturated carbocycles. The van der Waals surface area contributed by atoms with Crippen LogP contribution in [0.3, 0.4) is 0 Å². The van der Waals surface area contributed by atoms with Gasteiger partial charge in [-0.3, -0.25) is 0 Å². The molecule has 122 valence electrons. The van der Waals surface area contributed by atoms with E-state index in [1.807, 2.05) is 0 Å². The van der Waals surface area contributed by atoms with Crippen molar-refractivity contribution in [2.24, 2.45) is 0 Å². The maximum absolute atomic E-state index is 16.1. The molecule has 0 heterocycles. The predicted octanol–water partition coefficient (Wildman–Crippen LogP) is 5.39. The number of ether oxygens (including phenoxy) is 1. The van der Waals surface area contributed by atoms with E-state index in [9.17, 15) is 4.79 Å². The molecule has 0 saturated heterocycles. The molecule has 0 aromatic heterocycles. The number of hydrogen-bond acceptors (Lipinski definition) is 2. The number of hydrogen-bond donors (Lipinski definition) is 0. The van der Waals surface area contributed by atoms with Crippen molar-refractivity contribution in [1.82, 2.24) is 0 Å². The van der Waals surface area contributed by atoms with Crippen LogP contribution in [0.2, 0.25) is 0 Å². The summed E-state index contributed by atoms with van der Waals surface area (Å²) in [7, 11) is 0. The zero-order chi connectivity index (χ0) is 15.5. The van der Waals surface area contributed by atoms with Gasteiger partial charge >= 0.3 is 124 Å². The van der Waals surface area contributed by atoms with Crippen molar-refractivity contribution in [1.29, 1.82) is 0 Å². The Balaban J connectivity index is 5.10. The van der Waals surface area contributed by atoms with Crippen molar-refractivity contribution in [3.05, 3.63) is 0 Å². The van der Waals surface area contributed by atoms with E-state index in [1.165, 1.54) is 0 Å². The Labute approximate surface area is 124 Å². The Hall–Kier alpha value is -0.170. The second-order valence-electron chi connectivity index (χ2n) is 6.01. The van der Waals surface area contributed by atoms with Crippen LogP contribution >= 0.6 is 6.91 Å². The first kappa shape index (κ1) is 19.8. The van der Waals surface area contributed by atoms with Gasteiger partial charge in [-0.1, -0.05) is 0 Å². The van der Waals surface area contributed by atoms with E-state index >= 15 is 4.20 Å². The molecule has 0 aliphatic heterocycles. The van der Waals surface area contributed by atoms with Crippen LogP contribution in [-0.2, 0) is 9.53 Å². The van der Waals surface area contributed by atoms with Crippen molar-refractivity contribution in [3.63, 3.8) is 0 Å². The monoisotopic (exact) mass is 308 g/mol. The summed E-state index contributed by atoms with van der Waals surface area (Å²) >= 11 is 0. The number of halogens is 1. The summed E-state index contributed by atoms with van der Waals surface area (Å²) in [5, 5.41) is 0. The molecular formula is C16H34FO2P. The van der Waals surface area contributed by atoms with E-state index < -0.39 is 6.91 Å². The van der Waals surface area contributed by atoms with Crippen LogP contribution in [0.1, 0.15) is 66.2 Å². The summed E-state index contributed by atoms with van der Waals surface area (Å²) in [6.45, 7) is 4.98. The van der Waals surface area contributed by atoms with Crippen molar-refractivity contribution in [3.8, 4) is 0 Å². The number of carbonyl (C=O) groups is 1. The van der Waals surface area contributed by atoms with Gasteiger partial charge in [0.05, 0.1) is 0 Å². The van der Waals surface area contributed by atoms with E-state index in [0.29, 0.717) is 25.1 Å². The normalized spacial score (nSPS) is 13.8. The van der Waals surface area contributed by atoms with E-state index in [-0.39, 0.29) is 12.1 Å². The molecule has 0 unspecified atom stereocenters. The Bertz CT molecular complexity index is 257. The molecule has 0 atom stereocenters. The van der Waals surface area contributed by atoms with E-state index in [2.05, 4.69) is 20.8 Å². The van der Waals surface area contributed by atoms with Crippen LogP contribution in [0.15, 0.2) is 0 Å². The van der Waals surface area contributed by atoms with Gasteiger partial charge in [0.1, 0.15) is 0 Å². The molecule has 2 nitrogen and oxygen atoms in total. The molecule has 4 heteroatoms. The zero-order valence-corrected chi connectivity index (χ0v) is 14.8. The Morgan fingerprint density at radius 1 is 0.900 bits per heavy atom. The molecule has 0 aliphatic rings. The summed E-state index contributed by atoms with van der Waals surface area (Å²) in [4.78, 5) is 11.9. The van der Waals surface area contributed by atoms with Crippen molar-refractivity contribution >= 4 is 12.9 Å². The third-order valence-corrected chi connectivity index (χ3v) is 9.39. The molecule has 20 heavy (non-hydrogen) atoms. The minimum absolute atomic E-state index is 0.0550. The quantitative estimate of drug-likeness (QED) is 0.357. The fourth-order valence-electron chi connectivity index (χ4n) is 2.76. The molecule has 0 N–H and O–H groups in total. The van der Waals surface area contributed by atoms with Crippen LogP contribution in [0, 0.1) is 0 Å². The molecule has 0 bridgehead atoms. The maximum atomic E-state index is 16.1. The average Bonchev–Trinajstić information content (AvgIpc) is 2.42. The van der Waals surface area contributed by atoms with E-state index in [0.717, 1.165) is 38.5 Å². The average molecular weight is 308 g/mol. The second-order valence-corrected chi connectivity index (χ2v) is 11.3. The fraction of sp³-hybridized carbons (Fsp3) is 0.938. The van der Waals surface area contributed by atoms with Gasteiger partial charge in [0.25, 0.3) is 0 Å². The third kappa shape index (κ3) is 7.02. The standard InChI is InChI=1S/C16H34FO2P/c1-5-9-12-20(17,13-10-6-2,14-11-7-3)15-16(18)19-8-4/h5-15H2,1-4H3. The Morgan fingerprint density at radius 3 is 1.60 bits per heavy atom. The summed E-state index contributed by atoms with van der Waals surface area (Å²) in [5.41, 5.74) is 0. The minimum atomic E-state index is -3.42. The van der Waals surface area contributed by atoms with E-state index in [1.54, 1.807) is 6.92 Å². The number of rotatable bonds is 12. The predicted molar refractivity (Wildman–Crippen MR) is 88.9 cm³/mol. The van der Waals surface area contributed by atoms with Crippen LogP contribution in [0.4, 0.5) is 4.20 Å². The molecule has 0 spiro atoms. The first-order valence-corrected chi connectivity index (χ1v) is 11.2. The first-order chi connectivity index (χ1) is 9.43. The SMILES string of the molecule is CCCCP(F)(CCCC)(CCCC)CC(=O)OCC. The summed E-state index contributed by atoms with van der Waals surface area (Å²) < 4.78 is 21.2. The Morgan fingerprint density at radius 2 is 1.30 bits per heavy atom. The van der Waals surface area contributed by atoms with Gasteiger partial charge in [-0.2, -0.15) is 0 Å². The molecule has 0 aromatic rings. The van der Waals surface area contributed by atoms with E-state index in [4.69, 9.17) is 4.74 Å². The molecule has 0 radical (unpaired) electrons. The topological polar surface area (TPSA) is 26.3 Å². The van der Waals surface area contributed by atoms with Crippen molar-refractivity contribution in [2.45, 2.75) is 66.2 Å². The first-order valence-electron chi connectivity index (χ1n) is 8.31. The summed E-state index contributed by atoms with van der Waals surface area (Å²) in [6.07, 6.45) is 7.53. The van der Waals surface area contributed by atoms with Gasteiger partial charge in [-0.15, -0.1) is 0 Å². The van der Waals surface area contributed by atoms with Crippen LogP contribution in [0.25, 0.3) is 0 Å². The molecule has 0 rings (SSSR count). The second kappa shape index (κ2) is 9.71. The van der Waals surface area contributed by atoms with Crippen LogP contribution in [0.5, 0.6) is 0 Å².